The first-order valence-electron chi connectivity index (χ1n) is 6.10. The molecule has 2 heterocycles. The number of nitrogens with zero attached hydrogens (tertiary/aromatic N) is 3. The smallest absolute Gasteiger partial charge is 0.182 e. The monoisotopic (exact) mass is 231 g/mol. The number of hydrogen-bond donors (Lipinski definition) is 0. The van der Waals surface area contributed by atoms with Crippen molar-refractivity contribution < 1.29 is 4.74 Å². The summed E-state index contributed by atoms with van der Waals surface area (Å²) in [6.45, 7) is 3.89. The van der Waals surface area contributed by atoms with Gasteiger partial charge in [-0.2, -0.15) is 5.26 Å². The average Bonchev–Trinajstić information content (AvgIpc) is 2.40. The molecule has 90 valence electrons. The lowest BCUT2D eigenvalue weighted by molar-refractivity contribution is 0.183. The van der Waals surface area contributed by atoms with Gasteiger partial charge in [-0.05, 0) is 38.1 Å². The molecule has 0 aromatic carbocycles. The topological polar surface area (TPSA) is 49.1 Å². The van der Waals surface area contributed by atoms with E-state index in [9.17, 15) is 0 Å². The zero-order valence-electron chi connectivity index (χ0n) is 9.93. The van der Waals surface area contributed by atoms with Gasteiger partial charge in [0.15, 0.2) is 11.4 Å². The predicted molar refractivity (Wildman–Crippen MR) is 64.7 cm³/mol. The lowest BCUT2D eigenvalue weighted by Gasteiger charge is -2.26. The summed E-state index contributed by atoms with van der Waals surface area (Å²) in [6.07, 6.45) is 5.53. The van der Waals surface area contributed by atoms with Crippen LogP contribution in [0.25, 0.3) is 0 Å². The molecular weight excluding hydrogens is 214 g/mol. The Balaban J connectivity index is 1.79. The largest absolute Gasteiger partial charge is 0.489 e. The molecule has 0 saturated carbocycles. The van der Waals surface area contributed by atoms with Crippen LogP contribution in [0.5, 0.6) is 5.75 Å². The Morgan fingerprint density at radius 2 is 2.18 bits per heavy atom. The second-order valence-corrected chi connectivity index (χ2v) is 4.21. The van der Waals surface area contributed by atoms with Crippen LogP contribution in [-0.2, 0) is 0 Å². The Labute approximate surface area is 102 Å². The number of ether oxygens (including phenoxy) is 1. The zero-order chi connectivity index (χ0) is 11.9. The van der Waals surface area contributed by atoms with E-state index < -0.39 is 0 Å². The molecule has 4 heteroatoms. The van der Waals surface area contributed by atoms with Crippen molar-refractivity contribution in [1.82, 2.24) is 9.88 Å². The first kappa shape index (κ1) is 11.9. The zero-order valence-corrected chi connectivity index (χ0v) is 9.93. The highest BCUT2D eigenvalue weighted by Gasteiger charge is 2.10. The third kappa shape index (κ3) is 3.43. The maximum Gasteiger partial charge on any atom is 0.182 e. The summed E-state index contributed by atoms with van der Waals surface area (Å²) in [5.41, 5.74) is 0.367. The van der Waals surface area contributed by atoms with Gasteiger partial charge in [-0.25, -0.2) is 4.98 Å². The number of likely N-dealkylation sites (tertiary alicyclic amines) is 1. The molecular formula is C13H17N3O. The highest BCUT2D eigenvalue weighted by molar-refractivity contribution is 5.36. The van der Waals surface area contributed by atoms with Gasteiger partial charge in [0.25, 0.3) is 0 Å². The van der Waals surface area contributed by atoms with Gasteiger partial charge in [0.05, 0.1) is 0 Å². The van der Waals surface area contributed by atoms with Gasteiger partial charge < -0.3 is 4.74 Å². The summed E-state index contributed by atoms with van der Waals surface area (Å²) >= 11 is 0. The summed E-state index contributed by atoms with van der Waals surface area (Å²) in [4.78, 5) is 6.37. The first-order valence-corrected chi connectivity index (χ1v) is 6.10. The molecule has 4 nitrogen and oxygen atoms in total. The molecule has 1 saturated heterocycles. The molecule has 1 aromatic rings. The van der Waals surface area contributed by atoms with E-state index in [2.05, 4.69) is 9.88 Å². The van der Waals surface area contributed by atoms with Crippen LogP contribution in [0.4, 0.5) is 0 Å². The summed E-state index contributed by atoms with van der Waals surface area (Å²) in [5, 5.41) is 8.86. The number of piperidine rings is 1. The van der Waals surface area contributed by atoms with Crippen molar-refractivity contribution in [2.45, 2.75) is 19.3 Å². The van der Waals surface area contributed by atoms with Crippen molar-refractivity contribution in [3.05, 3.63) is 24.0 Å². The van der Waals surface area contributed by atoms with Crippen molar-refractivity contribution >= 4 is 0 Å². The van der Waals surface area contributed by atoms with Crippen LogP contribution in [0.2, 0.25) is 0 Å². The Kier molecular flexibility index (Phi) is 4.34. The van der Waals surface area contributed by atoms with Crippen LogP contribution in [0.15, 0.2) is 18.3 Å². The van der Waals surface area contributed by atoms with Crippen LogP contribution in [0.1, 0.15) is 25.0 Å². The number of hydrogen-bond acceptors (Lipinski definition) is 4. The molecule has 0 atom stereocenters. The fourth-order valence-electron chi connectivity index (χ4n) is 2.06. The fraction of sp³-hybridized carbons (Fsp3) is 0.538. The highest BCUT2D eigenvalue weighted by atomic mass is 16.5. The summed E-state index contributed by atoms with van der Waals surface area (Å²) in [5.74, 6) is 0.590. The van der Waals surface area contributed by atoms with Gasteiger partial charge in [-0.1, -0.05) is 6.42 Å². The van der Waals surface area contributed by atoms with Crippen LogP contribution < -0.4 is 4.74 Å². The second-order valence-electron chi connectivity index (χ2n) is 4.21. The fourth-order valence-corrected chi connectivity index (χ4v) is 2.06. The van der Waals surface area contributed by atoms with E-state index in [-0.39, 0.29) is 0 Å². The Hall–Kier alpha value is -1.60. The van der Waals surface area contributed by atoms with Crippen LogP contribution in [0.3, 0.4) is 0 Å². The number of rotatable bonds is 4. The molecule has 0 aliphatic carbocycles. The molecule has 0 amide bonds. The van der Waals surface area contributed by atoms with Gasteiger partial charge >= 0.3 is 0 Å². The molecule has 0 spiro atoms. The normalized spacial score (nSPS) is 16.4. The number of nitriles is 1. The SMILES string of the molecule is N#Cc1ncccc1OCCN1CCCCC1. The third-order valence-corrected chi connectivity index (χ3v) is 2.99. The molecule has 1 fully saturated rings. The van der Waals surface area contributed by atoms with E-state index >= 15 is 0 Å². The van der Waals surface area contributed by atoms with Crippen molar-refractivity contribution in [2.24, 2.45) is 0 Å². The minimum atomic E-state index is 0.367. The Bertz CT molecular complexity index is 394. The predicted octanol–water partition coefficient (Wildman–Crippen LogP) is 1.82. The number of aromatic nitrogens is 1. The molecule has 1 aliphatic heterocycles. The Morgan fingerprint density at radius 1 is 1.35 bits per heavy atom. The van der Waals surface area contributed by atoms with E-state index in [0.29, 0.717) is 18.1 Å². The molecule has 2 rings (SSSR count). The van der Waals surface area contributed by atoms with E-state index in [4.69, 9.17) is 10.00 Å². The van der Waals surface area contributed by atoms with Gasteiger partial charge in [0, 0.05) is 12.7 Å². The molecule has 0 unspecified atom stereocenters. The van der Waals surface area contributed by atoms with Crippen molar-refractivity contribution in [2.75, 3.05) is 26.2 Å². The maximum absolute atomic E-state index is 8.86. The minimum absolute atomic E-state index is 0.367. The van der Waals surface area contributed by atoms with Gasteiger partial charge in [-0.15, -0.1) is 0 Å². The quantitative estimate of drug-likeness (QED) is 0.793. The Morgan fingerprint density at radius 3 is 2.94 bits per heavy atom. The molecule has 17 heavy (non-hydrogen) atoms. The van der Waals surface area contributed by atoms with Crippen LogP contribution >= 0.6 is 0 Å². The minimum Gasteiger partial charge on any atom is -0.489 e. The van der Waals surface area contributed by atoms with E-state index in [1.165, 1.54) is 32.4 Å². The highest BCUT2D eigenvalue weighted by Crippen LogP contribution is 2.14. The van der Waals surface area contributed by atoms with Crippen molar-refractivity contribution in [1.29, 1.82) is 5.26 Å². The second kappa shape index (κ2) is 6.21. The average molecular weight is 231 g/mol. The van der Waals surface area contributed by atoms with Crippen LogP contribution in [0, 0.1) is 11.3 Å². The van der Waals surface area contributed by atoms with Crippen molar-refractivity contribution in [3.63, 3.8) is 0 Å². The molecule has 1 aromatic heterocycles. The third-order valence-electron chi connectivity index (χ3n) is 2.99. The standard InChI is InChI=1S/C13H17N3O/c14-11-12-13(5-4-6-15-12)17-10-9-16-7-2-1-3-8-16/h4-6H,1-3,7-10H2. The maximum atomic E-state index is 8.86. The summed E-state index contributed by atoms with van der Waals surface area (Å²) < 4.78 is 5.60. The van der Waals surface area contributed by atoms with Crippen molar-refractivity contribution in [3.8, 4) is 11.8 Å². The van der Waals surface area contributed by atoms with Crippen LogP contribution in [-0.4, -0.2) is 36.1 Å². The molecule has 0 N–H and O–H groups in total. The lowest BCUT2D eigenvalue weighted by atomic mass is 10.1. The summed E-state index contributed by atoms with van der Waals surface area (Å²) in [6, 6.07) is 5.62. The molecule has 1 aliphatic rings. The van der Waals surface area contributed by atoms with Gasteiger partial charge in [0.1, 0.15) is 12.7 Å². The number of pyridine rings is 1. The van der Waals surface area contributed by atoms with E-state index in [0.717, 1.165) is 6.54 Å². The van der Waals surface area contributed by atoms with E-state index in [1.807, 2.05) is 6.07 Å². The summed E-state index contributed by atoms with van der Waals surface area (Å²) in [7, 11) is 0. The molecule has 0 radical (unpaired) electrons. The first-order chi connectivity index (χ1) is 8.40. The molecule has 0 bridgehead atoms. The van der Waals surface area contributed by atoms with Gasteiger partial charge in [0.2, 0.25) is 0 Å². The lowest BCUT2D eigenvalue weighted by Crippen LogP contribution is -2.33. The van der Waals surface area contributed by atoms with E-state index in [1.54, 1.807) is 18.3 Å². The van der Waals surface area contributed by atoms with Gasteiger partial charge in [-0.3, -0.25) is 4.90 Å².